The second kappa shape index (κ2) is 9.04. The molecule has 0 saturated heterocycles. The number of sulfonamides is 2. The largest absolute Gasteiger partial charge is 0.468 e. The lowest BCUT2D eigenvalue weighted by atomic mass is 10.1. The zero-order valence-electron chi connectivity index (χ0n) is 17.3. The Labute approximate surface area is 182 Å². The first-order chi connectivity index (χ1) is 14.6. The Hall–Kier alpha value is -2.95. The van der Waals surface area contributed by atoms with Gasteiger partial charge in [0.1, 0.15) is 5.76 Å². The third kappa shape index (κ3) is 5.60. The predicted molar refractivity (Wildman–Crippen MR) is 118 cm³/mol. The number of furan rings is 1. The van der Waals surface area contributed by atoms with E-state index in [1.165, 1.54) is 18.4 Å². The first kappa shape index (κ1) is 22.7. The Morgan fingerprint density at radius 2 is 1.68 bits per heavy atom. The molecule has 2 aromatic carbocycles. The van der Waals surface area contributed by atoms with Gasteiger partial charge in [0.2, 0.25) is 10.0 Å². The van der Waals surface area contributed by atoms with Crippen LogP contribution >= 0.6 is 0 Å². The van der Waals surface area contributed by atoms with Crippen LogP contribution in [0, 0.1) is 13.8 Å². The first-order valence-corrected chi connectivity index (χ1v) is 12.3. The molecule has 0 aliphatic heterocycles. The molecule has 2 N–H and O–H groups in total. The van der Waals surface area contributed by atoms with Crippen molar-refractivity contribution in [3.63, 3.8) is 0 Å². The highest BCUT2D eigenvalue weighted by Gasteiger charge is 2.17. The summed E-state index contributed by atoms with van der Waals surface area (Å²) in [4.78, 5) is 2.48. The Morgan fingerprint density at radius 1 is 0.968 bits per heavy atom. The molecule has 3 rings (SSSR count). The molecule has 0 aliphatic carbocycles. The lowest BCUT2D eigenvalue weighted by Gasteiger charge is -2.09. The molecular weight excluding hydrogens is 438 g/mol. The minimum atomic E-state index is -3.83. The van der Waals surface area contributed by atoms with Crippen molar-refractivity contribution in [2.45, 2.75) is 37.1 Å². The number of hydrazone groups is 1. The molecule has 0 aliphatic rings. The SMILES string of the molecule is C/C(=N\NS(=O)(=O)c1cc(C)ccc1C)c1ccc(S(=O)(=O)NCc2ccco2)cc1. The molecule has 164 valence electrons. The van der Waals surface area contributed by atoms with Crippen molar-refractivity contribution in [2.75, 3.05) is 0 Å². The number of aryl methyl sites for hydroxylation is 2. The van der Waals surface area contributed by atoms with Crippen molar-refractivity contribution in [1.82, 2.24) is 9.55 Å². The van der Waals surface area contributed by atoms with Gasteiger partial charge in [-0.3, -0.25) is 0 Å². The van der Waals surface area contributed by atoms with Gasteiger partial charge in [-0.2, -0.15) is 18.4 Å². The van der Waals surface area contributed by atoms with Gasteiger partial charge < -0.3 is 4.42 Å². The van der Waals surface area contributed by atoms with Gasteiger partial charge in [0, 0.05) is 0 Å². The topological polar surface area (TPSA) is 118 Å². The summed E-state index contributed by atoms with van der Waals surface area (Å²) < 4.78 is 57.6. The molecule has 0 fully saturated rings. The third-order valence-electron chi connectivity index (χ3n) is 4.57. The zero-order valence-corrected chi connectivity index (χ0v) is 18.9. The second-order valence-corrected chi connectivity index (χ2v) is 10.4. The van der Waals surface area contributed by atoms with E-state index in [0.29, 0.717) is 22.6 Å². The fourth-order valence-corrected chi connectivity index (χ4v) is 4.96. The molecule has 3 aromatic rings. The maximum absolute atomic E-state index is 12.6. The quantitative estimate of drug-likeness (QED) is 0.395. The Morgan fingerprint density at radius 3 is 2.32 bits per heavy atom. The Kier molecular flexibility index (Phi) is 6.63. The van der Waals surface area contributed by atoms with Crippen LogP contribution in [-0.4, -0.2) is 22.5 Å². The van der Waals surface area contributed by atoms with E-state index in [1.807, 2.05) is 13.0 Å². The van der Waals surface area contributed by atoms with Crippen molar-refractivity contribution in [1.29, 1.82) is 0 Å². The number of benzene rings is 2. The highest BCUT2D eigenvalue weighted by molar-refractivity contribution is 7.89. The van der Waals surface area contributed by atoms with Crippen LogP contribution in [0.3, 0.4) is 0 Å². The number of nitrogens with zero attached hydrogens (tertiary/aromatic N) is 1. The van der Waals surface area contributed by atoms with Crippen molar-refractivity contribution in [3.8, 4) is 0 Å². The van der Waals surface area contributed by atoms with Gasteiger partial charge in [0.05, 0.1) is 28.3 Å². The van der Waals surface area contributed by atoms with Crippen molar-refractivity contribution < 1.29 is 21.3 Å². The maximum Gasteiger partial charge on any atom is 0.276 e. The van der Waals surface area contributed by atoms with Crippen LogP contribution in [0.2, 0.25) is 0 Å². The van der Waals surface area contributed by atoms with Crippen LogP contribution in [0.5, 0.6) is 0 Å². The van der Waals surface area contributed by atoms with Crippen LogP contribution in [0.25, 0.3) is 0 Å². The molecule has 1 heterocycles. The molecule has 1 aromatic heterocycles. The van der Waals surface area contributed by atoms with E-state index in [-0.39, 0.29) is 16.3 Å². The van der Waals surface area contributed by atoms with Crippen LogP contribution < -0.4 is 9.55 Å². The van der Waals surface area contributed by atoms with Gasteiger partial charge in [-0.15, -0.1) is 0 Å². The minimum absolute atomic E-state index is 0.0394. The minimum Gasteiger partial charge on any atom is -0.468 e. The molecular formula is C21H23N3O5S2. The van der Waals surface area contributed by atoms with E-state index in [1.54, 1.807) is 50.2 Å². The van der Waals surface area contributed by atoms with Crippen LogP contribution in [-0.2, 0) is 26.6 Å². The fraction of sp³-hybridized carbons (Fsp3) is 0.190. The van der Waals surface area contributed by atoms with Gasteiger partial charge in [-0.05, 0) is 67.8 Å². The lowest BCUT2D eigenvalue weighted by molar-refractivity contribution is 0.498. The number of nitrogens with one attached hydrogen (secondary N) is 2. The lowest BCUT2D eigenvalue weighted by Crippen LogP contribution is -2.23. The first-order valence-electron chi connectivity index (χ1n) is 9.34. The molecule has 0 amide bonds. The van der Waals surface area contributed by atoms with E-state index in [4.69, 9.17) is 4.42 Å². The van der Waals surface area contributed by atoms with Crippen LogP contribution in [0.4, 0.5) is 0 Å². The third-order valence-corrected chi connectivity index (χ3v) is 7.33. The smallest absolute Gasteiger partial charge is 0.276 e. The van der Waals surface area contributed by atoms with Gasteiger partial charge >= 0.3 is 0 Å². The average Bonchev–Trinajstić information content (AvgIpc) is 3.26. The summed E-state index contributed by atoms with van der Waals surface area (Å²) in [6, 6.07) is 14.5. The van der Waals surface area contributed by atoms with Crippen molar-refractivity contribution in [3.05, 3.63) is 83.3 Å². The summed E-state index contributed by atoms with van der Waals surface area (Å²) >= 11 is 0. The van der Waals surface area contributed by atoms with Gasteiger partial charge in [-0.1, -0.05) is 24.3 Å². The normalized spacial score (nSPS) is 12.7. The summed E-state index contributed by atoms with van der Waals surface area (Å²) in [5.74, 6) is 0.499. The number of rotatable bonds is 8. The molecule has 8 nitrogen and oxygen atoms in total. The van der Waals surface area contributed by atoms with E-state index in [9.17, 15) is 16.8 Å². The molecule has 10 heteroatoms. The summed E-state index contributed by atoms with van der Waals surface area (Å²) in [7, 11) is -7.55. The van der Waals surface area contributed by atoms with E-state index < -0.39 is 20.0 Å². The molecule has 31 heavy (non-hydrogen) atoms. The predicted octanol–water partition coefficient (Wildman–Crippen LogP) is 3.08. The average molecular weight is 462 g/mol. The Bertz CT molecular complexity index is 1300. The van der Waals surface area contributed by atoms with Crippen LogP contribution in [0.1, 0.15) is 29.4 Å². The summed E-state index contributed by atoms with van der Waals surface area (Å²) in [5.41, 5.74) is 2.40. The van der Waals surface area contributed by atoms with Gasteiger partial charge in [0.25, 0.3) is 10.0 Å². The van der Waals surface area contributed by atoms with Crippen molar-refractivity contribution in [2.24, 2.45) is 5.10 Å². The van der Waals surface area contributed by atoms with Crippen molar-refractivity contribution >= 4 is 25.8 Å². The zero-order chi connectivity index (χ0) is 22.6. The fourth-order valence-electron chi connectivity index (χ4n) is 2.78. The highest BCUT2D eigenvalue weighted by Crippen LogP contribution is 2.17. The number of hydrogen-bond acceptors (Lipinski definition) is 6. The molecule has 0 unspecified atom stereocenters. The van der Waals surface area contributed by atoms with Gasteiger partial charge in [-0.25, -0.2) is 13.1 Å². The highest BCUT2D eigenvalue weighted by atomic mass is 32.2. The molecule has 0 spiro atoms. The van der Waals surface area contributed by atoms with E-state index >= 15 is 0 Å². The number of hydrogen-bond donors (Lipinski definition) is 2. The molecule has 0 saturated carbocycles. The standard InChI is InChI=1S/C21H23N3O5S2/c1-15-6-7-16(2)21(13-15)31(27,28)24-23-17(3)18-8-10-20(11-9-18)30(25,26)22-14-19-5-4-12-29-19/h4-13,22,24H,14H2,1-3H3/b23-17+. The molecule has 0 radical (unpaired) electrons. The summed E-state index contributed by atoms with van der Waals surface area (Å²) in [6.07, 6.45) is 1.47. The van der Waals surface area contributed by atoms with Crippen LogP contribution in [0.15, 0.2) is 80.2 Å². The maximum atomic E-state index is 12.6. The summed E-state index contributed by atoms with van der Waals surface area (Å²) in [5, 5.41) is 3.98. The second-order valence-electron chi connectivity index (χ2n) is 6.99. The molecule has 0 bridgehead atoms. The monoisotopic (exact) mass is 461 g/mol. The Balaban J connectivity index is 1.72. The summed E-state index contributed by atoms with van der Waals surface area (Å²) in [6.45, 7) is 5.19. The van der Waals surface area contributed by atoms with E-state index in [0.717, 1.165) is 5.56 Å². The van der Waals surface area contributed by atoms with Gasteiger partial charge in [0.15, 0.2) is 0 Å². The van der Waals surface area contributed by atoms with E-state index in [2.05, 4.69) is 14.7 Å². The molecule has 0 atom stereocenters.